The molecule has 4 heteroatoms. The number of nitrogens with one attached hydrogen (secondary N) is 1. The van der Waals surface area contributed by atoms with Gasteiger partial charge in [0.05, 0.1) is 11.4 Å². The Bertz CT molecular complexity index is 492. The SMILES string of the molecule is c1cc(-c2cc(C3CCCN3)ncn2)ccn1. The van der Waals surface area contributed by atoms with Crippen LogP contribution in [0, 0.1) is 0 Å². The topological polar surface area (TPSA) is 50.7 Å². The molecule has 1 aliphatic heterocycles. The first kappa shape index (κ1) is 10.4. The quantitative estimate of drug-likeness (QED) is 0.850. The average Bonchev–Trinajstić information content (AvgIpc) is 2.94. The highest BCUT2D eigenvalue weighted by atomic mass is 15.0. The Morgan fingerprint density at radius 1 is 1.18 bits per heavy atom. The lowest BCUT2D eigenvalue weighted by Crippen LogP contribution is -2.14. The van der Waals surface area contributed by atoms with Gasteiger partial charge in [-0.1, -0.05) is 0 Å². The van der Waals surface area contributed by atoms with Gasteiger partial charge in [-0.15, -0.1) is 0 Å². The number of hydrogen-bond acceptors (Lipinski definition) is 4. The van der Waals surface area contributed by atoms with Gasteiger partial charge in [0, 0.05) is 24.0 Å². The Kier molecular flexibility index (Phi) is 2.80. The van der Waals surface area contributed by atoms with E-state index in [1.54, 1.807) is 18.7 Å². The van der Waals surface area contributed by atoms with Crippen molar-refractivity contribution in [1.29, 1.82) is 0 Å². The van der Waals surface area contributed by atoms with E-state index < -0.39 is 0 Å². The van der Waals surface area contributed by atoms with Gasteiger partial charge in [-0.05, 0) is 37.6 Å². The molecule has 0 bridgehead atoms. The molecule has 2 aromatic rings. The highest BCUT2D eigenvalue weighted by Crippen LogP contribution is 2.24. The van der Waals surface area contributed by atoms with Crippen molar-refractivity contribution in [3.8, 4) is 11.3 Å². The summed E-state index contributed by atoms with van der Waals surface area (Å²) >= 11 is 0. The number of aromatic nitrogens is 3. The fraction of sp³-hybridized carbons (Fsp3) is 0.308. The third-order valence-corrected chi connectivity index (χ3v) is 3.08. The van der Waals surface area contributed by atoms with Gasteiger partial charge < -0.3 is 5.32 Å². The van der Waals surface area contributed by atoms with Crippen molar-refractivity contribution in [1.82, 2.24) is 20.3 Å². The van der Waals surface area contributed by atoms with Gasteiger partial charge in [-0.2, -0.15) is 0 Å². The second-order valence-corrected chi connectivity index (χ2v) is 4.21. The molecule has 1 atom stereocenters. The highest BCUT2D eigenvalue weighted by molar-refractivity contribution is 5.58. The van der Waals surface area contributed by atoms with Crippen LogP contribution in [0.2, 0.25) is 0 Å². The zero-order valence-corrected chi connectivity index (χ0v) is 9.50. The predicted molar refractivity (Wildman–Crippen MR) is 65.2 cm³/mol. The molecule has 17 heavy (non-hydrogen) atoms. The molecule has 1 saturated heterocycles. The molecule has 1 unspecified atom stereocenters. The molecule has 1 N–H and O–H groups in total. The molecular formula is C13H14N4. The fourth-order valence-corrected chi connectivity index (χ4v) is 2.18. The van der Waals surface area contributed by atoms with Gasteiger partial charge in [0.1, 0.15) is 6.33 Å². The lowest BCUT2D eigenvalue weighted by atomic mass is 10.1. The minimum absolute atomic E-state index is 0.388. The Hall–Kier alpha value is -1.81. The van der Waals surface area contributed by atoms with Gasteiger partial charge in [0.15, 0.2) is 0 Å². The molecule has 4 nitrogen and oxygen atoms in total. The summed E-state index contributed by atoms with van der Waals surface area (Å²) in [6, 6.07) is 6.39. The van der Waals surface area contributed by atoms with Crippen molar-refractivity contribution in [3.63, 3.8) is 0 Å². The summed E-state index contributed by atoms with van der Waals surface area (Å²) in [6.45, 7) is 1.08. The van der Waals surface area contributed by atoms with Gasteiger partial charge in [0.25, 0.3) is 0 Å². The normalized spacial score (nSPS) is 19.4. The summed E-state index contributed by atoms with van der Waals surface area (Å²) in [5, 5.41) is 3.45. The van der Waals surface area contributed by atoms with Crippen LogP contribution in [0.1, 0.15) is 24.6 Å². The molecule has 3 rings (SSSR count). The van der Waals surface area contributed by atoms with Crippen molar-refractivity contribution in [2.24, 2.45) is 0 Å². The van der Waals surface area contributed by atoms with Crippen molar-refractivity contribution in [2.75, 3.05) is 6.54 Å². The second-order valence-electron chi connectivity index (χ2n) is 4.21. The van der Waals surface area contributed by atoms with Crippen LogP contribution in [0.3, 0.4) is 0 Å². The lowest BCUT2D eigenvalue weighted by Gasteiger charge is -2.10. The first-order valence-electron chi connectivity index (χ1n) is 5.89. The van der Waals surface area contributed by atoms with Crippen molar-refractivity contribution in [3.05, 3.63) is 42.6 Å². The van der Waals surface area contributed by atoms with Crippen LogP contribution >= 0.6 is 0 Å². The molecule has 0 aromatic carbocycles. The smallest absolute Gasteiger partial charge is 0.116 e. The van der Waals surface area contributed by atoms with Crippen LogP contribution in [0.5, 0.6) is 0 Å². The van der Waals surface area contributed by atoms with E-state index in [0.717, 1.165) is 29.9 Å². The van der Waals surface area contributed by atoms with Crippen molar-refractivity contribution in [2.45, 2.75) is 18.9 Å². The fourth-order valence-electron chi connectivity index (χ4n) is 2.18. The average molecular weight is 226 g/mol. The van der Waals surface area contributed by atoms with Gasteiger partial charge >= 0.3 is 0 Å². The van der Waals surface area contributed by atoms with E-state index in [1.807, 2.05) is 12.1 Å². The third-order valence-electron chi connectivity index (χ3n) is 3.08. The number of rotatable bonds is 2. The standard InChI is InChI=1S/C13H14N4/c1-2-11(15-5-1)13-8-12(16-9-17-13)10-3-6-14-7-4-10/h3-4,6-9,11,15H,1-2,5H2. The second kappa shape index (κ2) is 4.59. The van der Waals surface area contributed by atoms with Crippen molar-refractivity contribution < 1.29 is 0 Å². The van der Waals surface area contributed by atoms with E-state index >= 15 is 0 Å². The molecule has 2 aromatic heterocycles. The zero-order valence-electron chi connectivity index (χ0n) is 9.50. The molecule has 0 aliphatic carbocycles. The van der Waals surface area contributed by atoms with E-state index in [-0.39, 0.29) is 0 Å². The first-order chi connectivity index (χ1) is 8.43. The summed E-state index contributed by atoms with van der Waals surface area (Å²) in [7, 11) is 0. The summed E-state index contributed by atoms with van der Waals surface area (Å²) < 4.78 is 0. The first-order valence-corrected chi connectivity index (χ1v) is 5.89. The minimum Gasteiger partial charge on any atom is -0.309 e. The highest BCUT2D eigenvalue weighted by Gasteiger charge is 2.17. The molecule has 0 radical (unpaired) electrons. The minimum atomic E-state index is 0.388. The molecule has 1 aliphatic rings. The molecule has 3 heterocycles. The van der Waals surface area contributed by atoms with Crippen LogP contribution in [0.15, 0.2) is 36.9 Å². The summed E-state index contributed by atoms with van der Waals surface area (Å²) in [4.78, 5) is 12.7. The van der Waals surface area contributed by atoms with E-state index in [4.69, 9.17) is 0 Å². The number of pyridine rings is 1. The maximum Gasteiger partial charge on any atom is 0.116 e. The van der Waals surface area contributed by atoms with Gasteiger partial charge in [-0.3, -0.25) is 4.98 Å². The van der Waals surface area contributed by atoms with E-state index in [2.05, 4.69) is 26.3 Å². The Balaban J connectivity index is 1.94. The number of hydrogen-bond donors (Lipinski definition) is 1. The summed E-state index contributed by atoms with van der Waals surface area (Å²) in [6.07, 6.45) is 7.59. The molecular weight excluding hydrogens is 212 g/mol. The van der Waals surface area contributed by atoms with Crippen LogP contribution in [0.4, 0.5) is 0 Å². The lowest BCUT2D eigenvalue weighted by molar-refractivity contribution is 0.626. The van der Waals surface area contributed by atoms with E-state index in [1.165, 1.54) is 6.42 Å². The van der Waals surface area contributed by atoms with Crippen LogP contribution < -0.4 is 5.32 Å². The Morgan fingerprint density at radius 3 is 2.82 bits per heavy atom. The summed E-state index contributed by atoms with van der Waals surface area (Å²) in [5.41, 5.74) is 3.14. The van der Waals surface area contributed by atoms with Gasteiger partial charge in [-0.25, -0.2) is 9.97 Å². The van der Waals surface area contributed by atoms with Crippen molar-refractivity contribution >= 4 is 0 Å². The zero-order chi connectivity index (χ0) is 11.5. The number of nitrogens with zero attached hydrogens (tertiary/aromatic N) is 3. The van der Waals surface area contributed by atoms with Crippen LogP contribution in [-0.4, -0.2) is 21.5 Å². The summed E-state index contributed by atoms with van der Waals surface area (Å²) in [5.74, 6) is 0. The van der Waals surface area contributed by atoms with E-state index in [9.17, 15) is 0 Å². The van der Waals surface area contributed by atoms with Crippen LogP contribution in [-0.2, 0) is 0 Å². The molecule has 86 valence electrons. The maximum atomic E-state index is 4.36. The van der Waals surface area contributed by atoms with Gasteiger partial charge in [0.2, 0.25) is 0 Å². The maximum absolute atomic E-state index is 4.36. The molecule has 1 fully saturated rings. The Labute approximate surface area is 100 Å². The monoisotopic (exact) mass is 226 g/mol. The van der Waals surface area contributed by atoms with E-state index in [0.29, 0.717) is 6.04 Å². The Morgan fingerprint density at radius 2 is 2.06 bits per heavy atom. The van der Waals surface area contributed by atoms with Crippen LogP contribution in [0.25, 0.3) is 11.3 Å². The third kappa shape index (κ3) is 2.17. The predicted octanol–water partition coefficient (Wildman–Crippen LogP) is 1.96. The molecule has 0 saturated carbocycles. The largest absolute Gasteiger partial charge is 0.309 e. The molecule has 0 spiro atoms. The molecule has 0 amide bonds.